The molecule has 6 heteroatoms. The number of amides is 1. The van der Waals surface area contributed by atoms with E-state index in [4.69, 9.17) is 0 Å². The Balaban J connectivity index is 1.88. The number of nitrogens with zero attached hydrogens (tertiary/aromatic N) is 3. The fourth-order valence-electron chi connectivity index (χ4n) is 2.44. The van der Waals surface area contributed by atoms with Crippen LogP contribution >= 0.6 is 11.3 Å². The highest BCUT2D eigenvalue weighted by atomic mass is 32.1. The highest BCUT2D eigenvalue weighted by molar-refractivity contribution is 7.17. The predicted octanol–water partition coefficient (Wildman–Crippen LogP) is 2.62. The average molecular weight is 282 g/mol. The molecule has 0 radical (unpaired) electrons. The van der Waals surface area contributed by atoms with E-state index in [9.17, 15) is 4.79 Å². The van der Waals surface area contributed by atoms with Crippen LogP contribution in [0.15, 0.2) is 0 Å². The van der Waals surface area contributed by atoms with E-state index in [1.807, 2.05) is 7.05 Å². The summed E-state index contributed by atoms with van der Waals surface area (Å²) in [5.74, 6) is 0.661. The van der Waals surface area contributed by atoms with E-state index in [2.05, 4.69) is 22.4 Å². The van der Waals surface area contributed by atoms with Gasteiger partial charge in [-0.15, -0.1) is 10.2 Å². The van der Waals surface area contributed by atoms with Gasteiger partial charge in [0.15, 0.2) is 0 Å². The quantitative estimate of drug-likeness (QED) is 0.871. The van der Waals surface area contributed by atoms with Gasteiger partial charge in [0.25, 0.3) is 5.91 Å². The Morgan fingerprint density at radius 2 is 2.16 bits per heavy atom. The van der Waals surface area contributed by atoms with Crippen LogP contribution in [0.4, 0.5) is 5.13 Å². The predicted molar refractivity (Wildman–Crippen MR) is 77.6 cm³/mol. The third kappa shape index (κ3) is 3.89. The normalized spacial score (nSPS) is 15.7. The molecule has 1 N–H and O–H groups in total. The summed E-state index contributed by atoms with van der Waals surface area (Å²) < 4.78 is 0. The summed E-state index contributed by atoms with van der Waals surface area (Å²) in [7, 11) is 1.86. The van der Waals surface area contributed by atoms with Gasteiger partial charge in [-0.25, -0.2) is 0 Å². The molecule has 0 unspecified atom stereocenters. The second-order valence-corrected chi connectivity index (χ2v) is 6.15. The molecule has 1 aromatic heterocycles. The highest BCUT2D eigenvalue weighted by Gasteiger charge is 2.22. The number of hydrogen-bond acceptors (Lipinski definition) is 5. The molecule has 0 aromatic carbocycles. The second kappa shape index (κ2) is 6.84. The van der Waals surface area contributed by atoms with Crippen LogP contribution in [0.5, 0.6) is 0 Å². The van der Waals surface area contributed by atoms with Crippen molar-refractivity contribution < 1.29 is 4.79 Å². The Morgan fingerprint density at radius 1 is 1.42 bits per heavy atom. The average Bonchev–Trinajstić information content (AvgIpc) is 3.06. The summed E-state index contributed by atoms with van der Waals surface area (Å²) in [6.07, 6.45) is 6.13. The monoisotopic (exact) mass is 282 g/mol. The molecule has 1 aliphatic rings. The van der Waals surface area contributed by atoms with Crippen molar-refractivity contribution >= 4 is 22.4 Å². The van der Waals surface area contributed by atoms with Gasteiger partial charge in [-0.3, -0.25) is 4.79 Å². The van der Waals surface area contributed by atoms with E-state index in [0.29, 0.717) is 10.9 Å². The number of aromatic nitrogens is 2. The third-order valence-electron chi connectivity index (χ3n) is 3.49. The zero-order valence-corrected chi connectivity index (χ0v) is 12.5. The molecular formula is C13H22N4OS. The maximum Gasteiger partial charge on any atom is 0.284 e. The molecular weight excluding hydrogens is 260 g/mol. The topological polar surface area (TPSA) is 58.1 Å². The van der Waals surface area contributed by atoms with E-state index in [-0.39, 0.29) is 5.91 Å². The minimum atomic E-state index is -0.00560. The fourth-order valence-corrected chi connectivity index (χ4v) is 3.20. The molecule has 1 aliphatic carbocycles. The maximum atomic E-state index is 12.2. The number of anilines is 1. The molecule has 0 bridgehead atoms. The van der Waals surface area contributed by atoms with Gasteiger partial charge >= 0.3 is 0 Å². The first-order valence-electron chi connectivity index (χ1n) is 7.03. The number of hydrogen-bond donors (Lipinski definition) is 1. The van der Waals surface area contributed by atoms with Crippen molar-refractivity contribution in [1.82, 2.24) is 15.1 Å². The van der Waals surface area contributed by atoms with Crippen LogP contribution in [-0.2, 0) is 0 Å². The molecule has 0 saturated heterocycles. The zero-order valence-electron chi connectivity index (χ0n) is 11.7. The maximum absolute atomic E-state index is 12.2. The SMILES string of the molecule is CCCNc1nnc(C(=O)N(C)CC2CCCC2)s1. The summed E-state index contributed by atoms with van der Waals surface area (Å²) in [5.41, 5.74) is 0. The van der Waals surface area contributed by atoms with Gasteiger partial charge < -0.3 is 10.2 Å². The van der Waals surface area contributed by atoms with E-state index in [0.717, 1.165) is 24.6 Å². The molecule has 0 atom stereocenters. The summed E-state index contributed by atoms with van der Waals surface area (Å²) in [5, 5.41) is 12.4. The molecule has 1 amide bonds. The summed E-state index contributed by atoms with van der Waals surface area (Å²) in [4.78, 5) is 14.0. The van der Waals surface area contributed by atoms with Crippen LogP contribution in [-0.4, -0.2) is 41.1 Å². The molecule has 1 saturated carbocycles. The van der Waals surface area contributed by atoms with Crippen molar-refractivity contribution in [3.05, 3.63) is 5.01 Å². The Kier molecular flexibility index (Phi) is 5.13. The molecule has 19 heavy (non-hydrogen) atoms. The van der Waals surface area contributed by atoms with Crippen LogP contribution in [0.25, 0.3) is 0 Å². The molecule has 0 spiro atoms. The van der Waals surface area contributed by atoms with Crippen molar-refractivity contribution in [2.75, 3.05) is 25.5 Å². The standard InChI is InChI=1S/C13H22N4OS/c1-3-8-14-13-16-15-11(19-13)12(18)17(2)9-10-6-4-5-7-10/h10H,3-9H2,1-2H3,(H,14,16). The minimum Gasteiger partial charge on any atom is -0.360 e. The fraction of sp³-hybridized carbons (Fsp3) is 0.769. The van der Waals surface area contributed by atoms with Crippen LogP contribution in [0.2, 0.25) is 0 Å². The lowest BCUT2D eigenvalue weighted by Gasteiger charge is -2.19. The van der Waals surface area contributed by atoms with Crippen molar-refractivity contribution in [2.24, 2.45) is 5.92 Å². The molecule has 106 valence electrons. The smallest absolute Gasteiger partial charge is 0.284 e. The van der Waals surface area contributed by atoms with Crippen molar-refractivity contribution in [3.63, 3.8) is 0 Å². The lowest BCUT2D eigenvalue weighted by molar-refractivity contribution is 0.0772. The lowest BCUT2D eigenvalue weighted by Crippen LogP contribution is -2.31. The molecule has 1 fully saturated rings. The van der Waals surface area contributed by atoms with Gasteiger partial charge in [0, 0.05) is 20.1 Å². The van der Waals surface area contributed by atoms with Gasteiger partial charge in [0.1, 0.15) is 0 Å². The van der Waals surface area contributed by atoms with Crippen molar-refractivity contribution in [2.45, 2.75) is 39.0 Å². The van der Waals surface area contributed by atoms with E-state index < -0.39 is 0 Å². The van der Waals surface area contributed by atoms with E-state index in [1.165, 1.54) is 37.0 Å². The van der Waals surface area contributed by atoms with Crippen LogP contribution in [0.3, 0.4) is 0 Å². The third-order valence-corrected chi connectivity index (χ3v) is 4.36. The Labute approximate surface area is 118 Å². The molecule has 0 aliphatic heterocycles. The highest BCUT2D eigenvalue weighted by Crippen LogP contribution is 2.26. The van der Waals surface area contributed by atoms with E-state index in [1.54, 1.807) is 4.90 Å². The number of carbonyl (C=O) groups excluding carboxylic acids is 1. The molecule has 1 aromatic rings. The lowest BCUT2D eigenvalue weighted by atomic mass is 10.1. The summed E-state index contributed by atoms with van der Waals surface area (Å²) in [6, 6.07) is 0. The Morgan fingerprint density at radius 3 is 2.84 bits per heavy atom. The Hall–Kier alpha value is -1.17. The van der Waals surface area contributed by atoms with Crippen molar-refractivity contribution in [3.8, 4) is 0 Å². The minimum absolute atomic E-state index is 0.00560. The zero-order chi connectivity index (χ0) is 13.7. The second-order valence-electron chi connectivity index (χ2n) is 5.18. The van der Waals surface area contributed by atoms with Crippen LogP contribution in [0.1, 0.15) is 48.8 Å². The molecule has 5 nitrogen and oxygen atoms in total. The number of nitrogens with one attached hydrogen (secondary N) is 1. The van der Waals surface area contributed by atoms with E-state index >= 15 is 0 Å². The first-order chi connectivity index (χ1) is 9.20. The van der Waals surface area contributed by atoms with Gasteiger partial charge in [-0.1, -0.05) is 31.1 Å². The summed E-state index contributed by atoms with van der Waals surface area (Å²) >= 11 is 1.34. The Bertz CT molecular complexity index is 415. The van der Waals surface area contributed by atoms with Gasteiger partial charge in [-0.05, 0) is 25.2 Å². The van der Waals surface area contributed by atoms with Gasteiger partial charge in [0.2, 0.25) is 10.1 Å². The first kappa shape index (κ1) is 14.2. The summed E-state index contributed by atoms with van der Waals surface area (Å²) in [6.45, 7) is 3.80. The van der Waals surface area contributed by atoms with Crippen LogP contribution < -0.4 is 5.32 Å². The van der Waals surface area contributed by atoms with Gasteiger partial charge in [-0.2, -0.15) is 0 Å². The van der Waals surface area contributed by atoms with Crippen molar-refractivity contribution in [1.29, 1.82) is 0 Å². The van der Waals surface area contributed by atoms with Crippen LogP contribution in [0, 0.1) is 5.92 Å². The van der Waals surface area contributed by atoms with Gasteiger partial charge in [0.05, 0.1) is 0 Å². The number of rotatable bonds is 6. The largest absolute Gasteiger partial charge is 0.360 e. The molecule has 1 heterocycles. The first-order valence-corrected chi connectivity index (χ1v) is 7.85. The molecule has 2 rings (SSSR count). The number of carbonyl (C=O) groups is 1.